The van der Waals surface area contributed by atoms with Gasteiger partial charge in [-0.2, -0.15) is 0 Å². The average molecular weight is 496 g/mol. The van der Waals surface area contributed by atoms with Crippen LogP contribution in [0.5, 0.6) is 5.75 Å². The van der Waals surface area contributed by atoms with Gasteiger partial charge in [-0.3, -0.25) is 29.1 Å². The van der Waals surface area contributed by atoms with E-state index in [4.69, 9.17) is 4.74 Å². The van der Waals surface area contributed by atoms with E-state index in [1.54, 1.807) is 41.4 Å². The van der Waals surface area contributed by atoms with Crippen molar-refractivity contribution in [2.75, 3.05) is 13.1 Å². The first-order chi connectivity index (χ1) is 17.8. The number of piperidine rings is 1. The lowest BCUT2D eigenvalue weighted by atomic mass is 9.82. The maximum Gasteiger partial charge on any atom is 0.261 e. The van der Waals surface area contributed by atoms with Gasteiger partial charge in [-0.25, -0.2) is 0 Å². The Labute approximate surface area is 213 Å². The number of ether oxygens (including phenoxy) is 1. The Hall–Kier alpha value is -4.33. The number of Topliss-reactive ketones (excluding diaryl/α,β-unsaturated/α-hetero) is 1. The summed E-state index contributed by atoms with van der Waals surface area (Å²) in [6.07, 6.45) is 2.99. The molecule has 0 bridgehead atoms. The molecule has 3 aliphatic rings. The SMILES string of the molecule is Cc1ccc2c(c1)C(=O)CC1(CCN(C(=O)c3ccc4c(c3)C(=O)N(Cc3ccccn3)C4=O)CC1)O2. The van der Waals surface area contributed by atoms with Crippen molar-refractivity contribution in [3.8, 4) is 5.75 Å². The van der Waals surface area contributed by atoms with Gasteiger partial charge < -0.3 is 9.64 Å². The van der Waals surface area contributed by atoms with Gasteiger partial charge >= 0.3 is 0 Å². The van der Waals surface area contributed by atoms with Gasteiger partial charge in [0.25, 0.3) is 17.7 Å². The number of imide groups is 1. The summed E-state index contributed by atoms with van der Waals surface area (Å²) in [5, 5.41) is 0. The second-order valence-electron chi connectivity index (χ2n) is 9.95. The molecule has 3 aromatic rings. The third kappa shape index (κ3) is 3.98. The van der Waals surface area contributed by atoms with E-state index in [1.165, 1.54) is 6.07 Å². The number of amides is 3. The van der Waals surface area contributed by atoms with Gasteiger partial charge in [-0.15, -0.1) is 0 Å². The summed E-state index contributed by atoms with van der Waals surface area (Å²) in [5.41, 5.74) is 2.52. The molecule has 6 rings (SSSR count). The number of carbonyl (C=O) groups is 4. The molecule has 1 fully saturated rings. The molecule has 0 saturated carbocycles. The smallest absolute Gasteiger partial charge is 0.261 e. The molecule has 3 amide bonds. The van der Waals surface area contributed by atoms with Crippen LogP contribution in [-0.4, -0.2) is 57.0 Å². The van der Waals surface area contributed by atoms with Crippen LogP contribution in [0, 0.1) is 6.92 Å². The molecule has 0 aliphatic carbocycles. The fourth-order valence-electron chi connectivity index (χ4n) is 5.41. The van der Waals surface area contributed by atoms with Crippen LogP contribution in [0.25, 0.3) is 0 Å². The van der Waals surface area contributed by atoms with Gasteiger partial charge in [0.1, 0.15) is 11.4 Å². The predicted octanol–water partition coefficient (Wildman–Crippen LogP) is 3.83. The predicted molar refractivity (Wildman–Crippen MR) is 134 cm³/mol. The summed E-state index contributed by atoms with van der Waals surface area (Å²) >= 11 is 0. The number of nitrogens with zero attached hydrogens (tertiary/aromatic N) is 3. The second kappa shape index (κ2) is 8.65. The number of benzene rings is 2. The molecule has 0 N–H and O–H groups in total. The third-order valence-electron chi connectivity index (χ3n) is 7.47. The number of pyridine rings is 1. The van der Waals surface area contributed by atoms with Crippen LogP contribution in [0.2, 0.25) is 0 Å². The molecule has 0 atom stereocenters. The number of rotatable bonds is 3. The van der Waals surface area contributed by atoms with Crippen molar-refractivity contribution in [2.24, 2.45) is 0 Å². The molecular weight excluding hydrogens is 470 g/mol. The highest BCUT2D eigenvalue weighted by Crippen LogP contribution is 2.40. The molecule has 8 heteroatoms. The number of hydrogen-bond acceptors (Lipinski definition) is 6. The molecular formula is C29H25N3O5. The Kier molecular flexibility index (Phi) is 5.40. The van der Waals surface area contributed by atoms with Crippen LogP contribution in [-0.2, 0) is 6.54 Å². The molecule has 1 spiro atoms. The number of ketones is 1. The lowest BCUT2D eigenvalue weighted by Crippen LogP contribution is -2.52. The Morgan fingerprint density at radius 3 is 2.49 bits per heavy atom. The summed E-state index contributed by atoms with van der Waals surface area (Å²) in [6.45, 7) is 2.89. The van der Waals surface area contributed by atoms with Crippen molar-refractivity contribution >= 4 is 23.5 Å². The van der Waals surface area contributed by atoms with Crippen LogP contribution in [0.15, 0.2) is 60.8 Å². The van der Waals surface area contributed by atoms with Crippen molar-refractivity contribution in [3.05, 3.63) is 94.3 Å². The number of aromatic nitrogens is 1. The maximum absolute atomic E-state index is 13.3. The molecule has 37 heavy (non-hydrogen) atoms. The Bertz CT molecular complexity index is 1460. The summed E-state index contributed by atoms with van der Waals surface area (Å²) in [7, 11) is 0. The van der Waals surface area contributed by atoms with Gasteiger partial charge in [0.2, 0.25) is 0 Å². The zero-order valence-corrected chi connectivity index (χ0v) is 20.4. The normalized spacial score (nSPS) is 18.0. The van der Waals surface area contributed by atoms with Crippen LogP contribution < -0.4 is 4.74 Å². The molecule has 8 nitrogen and oxygen atoms in total. The Morgan fingerprint density at radius 2 is 1.73 bits per heavy atom. The maximum atomic E-state index is 13.3. The number of aryl methyl sites for hydroxylation is 1. The number of carbonyl (C=O) groups excluding carboxylic acids is 4. The van der Waals surface area contributed by atoms with Crippen LogP contribution in [0.4, 0.5) is 0 Å². The Balaban J connectivity index is 1.16. The van der Waals surface area contributed by atoms with E-state index < -0.39 is 11.5 Å². The van der Waals surface area contributed by atoms with Gasteiger partial charge in [0.15, 0.2) is 5.78 Å². The molecule has 0 radical (unpaired) electrons. The van der Waals surface area contributed by atoms with Crippen molar-refractivity contribution < 1.29 is 23.9 Å². The summed E-state index contributed by atoms with van der Waals surface area (Å²) in [4.78, 5) is 59.1. The van der Waals surface area contributed by atoms with Gasteiger partial charge in [0, 0.05) is 37.7 Å². The summed E-state index contributed by atoms with van der Waals surface area (Å²) < 4.78 is 6.32. The average Bonchev–Trinajstić information content (AvgIpc) is 3.14. The molecule has 4 heterocycles. The van der Waals surface area contributed by atoms with Crippen molar-refractivity contribution in [3.63, 3.8) is 0 Å². The van der Waals surface area contributed by atoms with Crippen LogP contribution in [0.1, 0.15) is 72.0 Å². The van der Waals surface area contributed by atoms with E-state index in [0.29, 0.717) is 54.9 Å². The molecule has 2 aromatic carbocycles. The first kappa shape index (κ1) is 23.1. The molecule has 186 valence electrons. The quantitative estimate of drug-likeness (QED) is 0.513. The number of likely N-dealkylation sites (tertiary alicyclic amines) is 1. The van der Waals surface area contributed by atoms with Crippen molar-refractivity contribution in [1.82, 2.24) is 14.8 Å². The van der Waals surface area contributed by atoms with E-state index in [0.717, 1.165) is 10.5 Å². The highest BCUT2D eigenvalue weighted by Gasteiger charge is 2.44. The number of hydrogen-bond donors (Lipinski definition) is 0. The van der Waals surface area contributed by atoms with E-state index >= 15 is 0 Å². The highest BCUT2D eigenvalue weighted by atomic mass is 16.5. The highest BCUT2D eigenvalue weighted by molar-refractivity contribution is 6.22. The van der Waals surface area contributed by atoms with Gasteiger partial charge in [-0.1, -0.05) is 17.7 Å². The summed E-state index contributed by atoms with van der Waals surface area (Å²) in [6, 6.07) is 15.6. The fraction of sp³-hybridized carbons (Fsp3) is 0.276. The zero-order chi connectivity index (χ0) is 25.7. The molecule has 3 aliphatic heterocycles. The van der Waals surface area contributed by atoms with Crippen LogP contribution >= 0.6 is 0 Å². The van der Waals surface area contributed by atoms with Crippen molar-refractivity contribution in [2.45, 2.75) is 38.3 Å². The lowest BCUT2D eigenvalue weighted by molar-refractivity contribution is -0.00574. The minimum atomic E-state index is -0.609. The number of fused-ring (bicyclic) bond motifs is 2. The molecule has 0 unspecified atom stereocenters. The zero-order valence-electron chi connectivity index (χ0n) is 20.4. The van der Waals surface area contributed by atoms with Crippen LogP contribution in [0.3, 0.4) is 0 Å². The molecule has 1 aromatic heterocycles. The largest absolute Gasteiger partial charge is 0.486 e. The standard InChI is InChI=1S/C29H25N3O5/c1-18-5-8-25-23(14-18)24(33)16-29(37-25)9-12-31(13-10-29)26(34)19-6-7-21-22(15-19)28(36)32(27(21)35)17-20-4-2-3-11-30-20/h2-8,11,14-15H,9-10,12-13,16-17H2,1H3. The monoisotopic (exact) mass is 495 g/mol. The van der Waals surface area contributed by atoms with E-state index in [2.05, 4.69) is 4.98 Å². The topological polar surface area (TPSA) is 96.9 Å². The second-order valence-corrected chi connectivity index (χ2v) is 9.95. The van der Waals surface area contributed by atoms with E-state index in [1.807, 2.05) is 25.1 Å². The minimum absolute atomic E-state index is 0.0711. The minimum Gasteiger partial charge on any atom is -0.486 e. The molecule has 1 saturated heterocycles. The van der Waals surface area contributed by atoms with Crippen molar-refractivity contribution in [1.29, 1.82) is 0 Å². The fourth-order valence-corrected chi connectivity index (χ4v) is 5.41. The van der Waals surface area contributed by atoms with E-state index in [9.17, 15) is 19.2 Å². The first-order valence-electron chi connectivity index (χ1n) is 12.4. The van der Waals surface area contributed by atoms with Gasteiger partial charge in [-0.05, 0) is 49.4 Å². The summed E-state index contributed by atoms with van der Waals surface area (Å²) in [5.74, 6) is -0.347. The van der Waals surface area contributed by atoms with Gasteiger partial charge in [0.05, 0.1) is 35.3 Å². The lowest BCUT2D eigenvalue weighted by Gasteiger charge is -2.44. The third-order valence-corrected chi connectivity index (χ3v) is 7.47. The van der Waals surface area contributed by atoms with E-state index in [-0.39, 0.29) is 35.3 Å². The first-order valence-corrected chi connectivity index (χ1v) is 12.4. The Morgan fingerprint density at radius 1 is 0.946 bits per heavy atom.